The highest BCUT2D eigenvalue weighted by atomic mass is 14.9. The van der Waals surface area contributed by atoms with Crippen molar-refractivity contribution < 1.29 is 0 Å². The van der Waals surface area contributed by atoms with Crippen LogP contribution in [0.4, 0.5) is 0 Å². The van der Waals surface area contributed by atoms with Gasteiger partial charge in [0.2, 0.25) is 0 Å². The summed E-state index contributed by atoms with van der Waals surface area (Å²) in [5.41, 5.74) is 1.40. The molecular formula is C16H21N. The first-order valence-corrected chi connectivity index (χ1v) is 6.55. The molecule has 17 heavy (non-hydrogen) atoms. The third-order valence-electron chi connectivity index (χ3n) is 3.45. The molecule has 0 saturated heterocycles. The Labute approximate surface area is 104 Å². The molecule has 1 heteroatoms. The lowest BCUT2D eigenvalue weighted by Crippen LogP contribution is -2.27. The average molecular weight is 227 g/mol. The van der Waals surface area contributed by atoms with E-state index in [1.807, 2.05) is 0 Å². The predicted octanol–water partition coefficient (Wildman–Crippen LogP) is 4.12. The van der Waals surface area contributed by atoms with Crippen LogP contribution in [0.2, 0.25) is 0 Å². The maximum Gasteiger partial charge on any atom is 0.0214 e. The van der Waals surface area contributed by atoms with Crippen LogP contribution < -0.4 is 5.32 Å². The average Bonchev–Trinajstić information content (AvgIpc) is 2.40. The van der Waals surface area contributed by atoms with Crippen LogP contribution in [0.3, 0.4) is 0 Å². The van der Waals surface area contributed by atoms with Crippen molar-refractivity contribution in [3.05, 3.63) is 48.0 Å². The van der Waals surface area contributed by atoms with Gasteiger partial charge < -0.3 is 5.32 Å². The minimum absolute atomic E-state index is 0.633. The van der Waals surface area contributed by atoms with Gasteiger partial charge in [-0.1, -0.05) is 56.3 Å². The Bertz CT molecular complexity index is 466. The van der Waals surface area contributed by atoms with Crippen molar-refractivity contribution in [1.29, 1.82) is 0 Å². The maximum atomic E-state index is 3.63. The minimum atomic E-state index is 0.633. The van der Waals surface area contributed by atoms with Crippen LogP contribution >= 0.6 is 0 Å². The Morgan fingerprint density at radius 2 is 1.65 bits per heavy atom. The van der Waals surface area contributed by atoms with Crippen molar-refractivity contribution in [3.8, 4) is 0 Å². The Morgan fingerprint density at radius 1 is 0.941 bits per heavy atom. The molecule has 0 amide bonds. The van der Waals surface area contributed by atoms with Crippen molar-refractivity contribution in [3.63, 3.8) is 0 Å². The summed E-state index contributed by atoms with van der Waals surface area (Å²) in [7, 11) is 0. The molecule has 0 aliphatic heterocycles. The van der Waals surface area contributed by atoms with E-state index < -0.39 is 0 Å². The van der Waals surface area contributed by atoms with E-state index in [1.54, 1.807) is 0 Å². The SMILES string of the molecule is CCC(CC)NCc1cccc2ccccc12. The monoisotopic (exact) mass is 227 g/mol. The largest absolute Gasteiger partial charge is 0.310 e. The topological polar surface area (TPSA) is 12.0 Å². The molecule has 2 aromatic carbocycles. The van der Waals surface area contributed by atoms with Crippen molar-refractivity contribution in [1.82, 2.24) is 5.32 Å². The normalized spacial score (nSPS) is 11.2. The molecule has 0 atom stereocenters. The first kappa shape index (κ1) is 12.1. The quantitative estimate of drug-likeness (QED) is 0.810. The van der Waals surface area contributed by atoms with E-state index in [-0.39, 0.29) is 0 Å². The Balaban J connectivity index is 2.18. The van der Waals surface area contributed by atoms with Gasteiger partial charge in [0.05, 0.1) is 0 Å². The summed E-state index contributed by atoms with van der Waals surface area (Å²) in [6.45, 7) is 5.45. The molecule has 0 heterocycles. The fourth-order valence-electron chi connectivity index (χ4n) is 2.28. The molecule has 0 saturated carbocycles. The predicted molar refractivity (Wildman–Crippen MR) is 75.2 cm³/mol. The van der Waals surface area contributed by atoms with Crippen LogP contribution in [0.1, 0.15) is 32.3 Å². The van der Waals surface area contributed by atoms with E-state index in [2.05, 4.69) is 61.6 Å². The van der Waals surface area contributed by atoms with E-state index in [0.29, 0.717) is 6.04 Å². The first-order valence-electron chi connectivity index (χ1n) is 6.55. The second-order valence-corrected chi connectivity index (χ2v) is 4.53. The highest BCUT2D eigenvalue weighted by Crippen LogP contribution is 2.18. The molecular weight excluding hydrogens is 206 g/mol. The van der Waals surface area contributed by atoms with E-state index in [1.165, 1.54) is 29.2 Å². The van der Waals surface area contributed by atoms with Gasteiger partial charge in [-0.3, -0.25) is 0 Å². The molecule has 0 aromatic heterocycles. The molecule has 0 bridgehead atoms. The molecule has 1 nitrogen and oxygen atoms in total. The van der Waals surface area contributed by atoms with Gasteiger partial charge in [0.1, 0.15) is 0 Å². The fourth-order valence-corrected chi connectivity index (χ4v) is 2.28. The van der Waals surface area contributed by atoms with Crippen LogP contribution in [0.25, 0.3) is 10.8 Å². The highest BCUT2D eigenvalue weighted by molar-refractivity contribution is 5.85. The molecule has 0 spiro atoms. The number of benzene rings is 2. The minimum Gasteiger partial charge on any atom is -0.310 e. The maximum absolute atomic E-state index is 3.63. The fraction of sp³-hybridized carbons (Fsp3) is 0.375. The third kappa shape index (κ3) is 2.86. The van der Waals surface area contributed by atoms with Crippen LogP contribution in [0.5, 0.6) is 0 Å². The van der Waals surface area contributed by atoms with Crippen molar-refractivity contribution in [2.24, 2.45) is 0 Å². The number of hydrogen-bond donors (Lipinski definition) is 1. The van der Waals surface area contributed by atoms with Crippen molar-refractivity contribution in [2.75, 3.05) is 0 Å². The van der Waals surface area contributed by atoms with Crippen LogP contribution in [0.15, 0.2) is 42.5 Å². The van der Waals surface area contributed by atoms with Gasteiger partial charge in [-0.25, -0.2) is 0 Å². The second kappa shape index (κ2) is 5.83. The van der Waals surface area contributed by atoms with E-state index in [4.69, 9.17) is 0 Å². The number of rotatable bonds is 5. The van der Waals surface area contributed by atoms with Gasteiger partial charge in [-0.05, 0) is 29.2 Å². The van der Waals surface area contributed by atoms with Crippen LogP contribution in [0, 0.1) is 0 Å². The van der Waals surface area contributed by atoms with Gasteiger partial charge in [-0.2, -0.15) is 0 Å². The van der Waals surface area contributed by atoms with Crippen molar-refractivity contribution >= 4 is 10.8 Å². The molecule has 0 fully saturated rings. The number of hydrogen-bond acceptors (Lipinski definition) is 1. The molecule has 0 unspecified atom stereocenters. The van der Waals surface area contributed by atoms with E-state index in [0.717, 1.165) is 6.54 Å². The molecule has 0 radical (unpaired) electrons. The summed E-state index contributed by atoms with van der Waals surface area (Å²) < 4.78 is 0. The standard InChI is InChI=1S/C16H21N/c1-3-15(4-2)17-12-14-10-7-9-13-8-5-6-11-16(13)14/h5-11,15,17H,3-4,12H2,1-2H3. The van der Waals surface area contributed by atoms with E-state index >= 15 is 0 Å². The Morgan fingerprint density at radius 3 is 2.41 bits per heavy atom. The van der Waals surface area contributed by atoms with Crippen molar-refractivity contribution in [2.45, 2.75) is 39.3 Å². The molecule has 90 valence electrons. The Hall–Kier alpha value is -1.34. The molecule has 0 aliphatic rings. The lowest BCUT2D eigenvalue weighted by atomic mass is 10.0. The summed E-state index contributed by atoms with van der Waals surface area (Å²) >= 11 is 0. The zero-order chi connectivity index (χ0) is 12.1. The van der Waals surface area contributed by atoms with Crippen LogP contribution in [-0.2, 0) is 6.54 Å². The lowest BCUT2D eigenvalue weighted by molar-refractivity contribution is 0.485. The smallest absolute Gasteiger partial charge is 0.0214 e. The van der Waals surface area contributed by atoms with Gasteiger partial charge in [0.25, 0.3) is 0 Å². The Kier molecular flexibility index (Phi) is 4.16. The van der Waals surface area contributed by atoms with Gasteiger partial charge >= 0.3 is 0 Å². The van der Waals surface area contributed by atoms with E-state index in [9.17, 15) is 0 Å². The molecule has 0 aliphatic carbocycles. The zero-order valence-corrected chi connectivity index (χ0v) is 10.7. The summed E-state index contributed by atoms with van der Waals surface area (Å²) in [5.74, 6) is 0. The summed E-state index contributed by atoms with van der Waals surface area (Å²) in [6, 6.07) is 15.8. The van der Waals surface area contributed by atoms with Crippen LogP contribution in [-0.4, -0.2) is 6.04 Å². The summed E-state index contributed by atoms with van der Waals surface area (Å²) in [6.07, 6.45) is 2.39. The second-order valence-electron chi connectivity index (χ2n) is 4.53. The summed E-state index contributed by atoms with van der Waals surface area (Å²) in [5, 5.41) is 6.33. The zero-order valence-electron chi connectivity index (χ0n) is 10.7. The lowest BCUT2D eigenvalue weighted by Gasteiger charge is -2.15. The first-order chi connectivity index (χ1) is 8.35. The summed E-state index contributed by atoms with van der Waals surface area (Å²) in [4.78, 5) is 0. The third-order valence-corrected chi connectivity index (χ3v) is 3.45. The molecule has 2 rings (SSSR count). The van der Waals surface area contributed by atoms with Gasteiger partial charge in [0.15, 0.2) is 0 Å². The van der Waals surface area contributed by atoms with Gasteiger partial charge in [-0.15, -0.1) is 0 Å². The van der Waals surface area contributed by atoms with Gasteiger partial charge in [0, 0.05) is 12.6 Å². The molecule has 1 N–H and O–H groups in total. The molecule has 2 aromatic rings. The number of nitrogens with one attached hydrogen (secondary N) is 1. The highest BCUT2D eigenvalue weighted by Gasteiger charge is 2.04. The number of fused-ring (bicyclic) bond motifs is 1.